The number of fused-ring (bicyclic) bond motifs is 3. The Morgan fingerprint density at radius 1 is 1.08 bits per heavy atom. The summed E-state index contributed by atoms with van der Waals surface area (Å²) in [5.74, 6) is 1.92. The third-order valence-electron chi connectivity index (χ3n) is 8.72. The van der Waals surface area contributed by atoms with Crippen molar-refractivity contribution < 1.29 is 9.90 Å². The Hall–Kier alpha value is -3.79. The molecule has 3 fully saturated rings. The fourth-order valence-corrected chi connectivity index (χ4v) is 6.60. The number of hydrogen-bond acceptors (Lipinski definition) is 7. The normalized spacial score (nSPS) is 22.9. The van der Waals surface area contributed by atoms with E-state index in [0.717, 1.165) is 89.5 Å². The molecule has 7 rings (SSSR count). The van der Waals surface area contributed by atoms with Gasteiger partial charge in [-0.3, -0.25) is 9.78 Å². The second-order valence-corrected chi connectivity index (χ2v) is 11.1. The number of pyridine rings is 1. The van der Waals surface area contributed by atoms with Crippen molar-refractivity contribution in [1.29, 1.82) is 0 Å². The molecule has 38 heavy (non-hydrogen) atoms. The van der Waals surface area contributed by atoms with Crippen molar-refractivity contribution in [3.05, 3.63) is 47.2 Å². The van der Waals surface area contributed by atoms with Gasteiger partial charge in [-0.1, -0.05) is 6.07 Å². The lowest BCUT2D eigenvalue weighted by Crippen LogP contribution is -2.47. The van der Waals surface area contributed by atoms with Crippen LogP contribution in [-0.2, 0) is 4.79 Å². The Kier molecular flexibility index (Phi) is 5.30. The number of imidazole rings is 1. The molecule has 196 valence electrons. The smallest absolute Gasteiger partial charge is 0.248 e. The van der Waals surface area contributed by atoms with Crippen molar-refractivity contribution in [1.82, 2.24) is 34.4 Å². The van der Waals surface area contributed by atoms with E-state index >= 15 is 0 Å². The van der Waals surface area contributed by atoms with Gasteiger partial charge < -0.3 is 20.7 Å². The average molecular weight is 513 g/mol. The lowest BCUT2D eigenvalue weighted by atomic mass is 9.85. The summed E-state index contributed by atoms with van der Waals surface area (Å²) in [5, 5.41) is 14.1. The van der Waals surface area contributed by atoms with Crippen molar-refractivity contribution in [2.75, 3.05) is 12.3 Å². The first-order valence-electron chi connectivity index (χ1n) is 13.5. The number of aliphatic hydroxyl groups is 1. The monoisotopic (exact) mass is 512 g/mol. The number of piperidine rings is 1. The van der Waals surface area contributed by atoms with Gasteiger partial charge in [-0.15, -0.1) is 0 Å². The summed E-state index contributed by atoms with van der Waals surface area (Å²) in [6, 6.07) is 4.29. The topological polar surface area (TPSA) is 138 Å². The molecule has 6 heterocycles. The first-order chi connectivity index (χ1) is 18.4. The highest BCUT2D eigenvalue weighted by molar-refractivity contribution is 5.80. The molecular formula is C28H32N8O2. The zero-order valence-corrected chi connectivity index (χ0v) is 21.7. The highest BCUT2D eigenvalue weighted by atomic mass is 16.3. The van der Waals surface area contributed by atoms with E-state index in [4.69, 9.17) is 10.7 Å². The Morgan fingerprint density at radius 2 is 1.84 bits per heavy atom. The highest BCUT2D eigenvalue weighted by Gasteiger charge is 2.45. The van der Waals surface area contributed by atoms with Crippen molar-refractivity contribution in [3.8, 4) is 22.6 Å². The Bertz CT molecular complexity index is 1520. The Labute approximate surface area is 220 Å². The van der Waals surface area contributed by atoms with E-state index in [9.17, 15) is 9.90 Å². The van der Waals surface area contributed by atoms with Gasteiger partial charge in [-0.05, 0) is 64.4 Å². The number of nitrogens with one attached hydrogen (secondary N) is 1. The molecule has 0 spiro atoms. The summed E-state index contributed by atoms with van der Waals surface area (Å²) >= 11 is 0. The molecule has 4 N–H and O–H groups in total. The number of aryl methyl sites for hydroxylation is 2. The minimum absolute atomic E-state index is 0.153. The largest absolute Gasteiger partial charge is 0.387 e. The molecule has 10 heteroatoms. The molecule has 3 aliphatic rings. The molecule has 2 atom stereocenters. The standard InChI is InChI=1S/C28H32N8O2/c1-14-15(2)33-27(32-14)22-8-5-17(11-30-22)21-12-31-36-26(29)24(16-3-4-16)25(34-28(21)36)18-9-19-6-7-20(10-18)35(19)23(38)13-37/h5,8,11-12,16,18-20,37H,3-4,6-7,9-10,13,29H2,1-2H3,(H,32,33). The Balaban J connectivity index is 1.27. The Morgan fingerprint density at radius 3 is 2.45 bits per heavy atom. The summed E-state index contributed by atoms with van der Waals surface area (Å²) in [6.45, 7) is 3.56. The second-order valence-electron chi connectivity index (χ2n) is 11.1. The van der Waals surface area contributed by atoms with Crippen LogP contribution in [0.25, 0.3) is 28.3 Å². The van der Waals surface area contributed by atoms with E-state index in [1.54, 1.807) is 4.52 Å². The first kappa shape index (κ1) is 23.3. The van der Waals surface area contributed by atoms with Crippen LogP contribution in [0.4, 0.5) is 5.82 Å². The molecule has 2 saturated heterocycles. The van der Waals surface area contributed by atoms with Gasteiger partial charge in [0.15, 0.2) is 11.5 Å². The van der Waals surface area contributed by atoms with Crippen molar-refractivity contribution in [3.63, 3.8) is 0 Å². The molecule has 2 unspecified atom stereocenters. The summed E-state index contributed by atoms with van der Waals surface area (Å²) in [4.78, 5) is 32.1. The van der Waals surface area contributed by atoms with Crippen LogP contribution < -0.4 is 5.73 Å². The van der Waals surface area contributed by atoms with Gasteiger partial charge in [0.25, 0.3) is 0 Å². The predicted octanol–water partition coefficient (Wildman–Crippen LogP) is 3.49. The van der Waals surface area contributed by atoms with Gasteiger partial charge in [0.05, 0.1) is 17.6 Å². The molecule has 10 nitrogen and oxygen atoms in total. The summed E-state index contributed by atoms with van der Waals surface area (Å²) in [6.07, 6.45) is 9.56. The van der Waals surface area contributed by atoms with Crippen LogP contribution in [0.5, 0.6) is 0 Å². The molecule has 1 saturated carbocycles. The third kappa shape index (κ3) is 3.61. The highest BCUT2D eigenvalue weighted by Crippen LogP contribution is 2.50. The van der Waals surface area contributed by atoms with Crippen LogP contribution in [0, 0.1) is 13.8 Å². The number of carbonyl (C=O) groups is 1. The minimum atomic E-state index is -0.423. The van der Waals surface area contributed by atoms with Gasteiger partial charge in [0.1, 0.15) is 18.1 Å². The van der Waals surface area contributed by atoms with Crippen LogP contribution in [0.3, 0.4) is 0 Å². The number of aromatic amines is 1. The first-order valence-corrected chi connectivity index (χ1v) is 13.5. The van der Waals surface area contributed by atoms with Gasteiger partial charge >= 0.3 is 0 Å². The molecule has 4 aromatic rings. The second kappa shape index (κ2) is 8.62. The molecule has 2 aliphatic heterocycles. The fourth-order valence-electron chi connectivity index (χ4n) is 6.60. The molecular weight excluding hydrogens is 480 g/mol. The van der Waals surface area contributed by atoms with Crippen LogP contribution >= 0.6 is 0 Å². The van der Waals surface area contributed by atoms with Gasteiger partial charge in [-0.2, -0.15) is 9.61 Å². The maximum Gasteiger partial charge on any atom is 0.248 e. The lowest BCUT2D eigenvalue weighted by molar-refractivity contribution is -0.138. The molecule has 1 aliphatic carbocycles. The SMILES string of the molecule is Cc1nc(-c2ccc(-c3cnn4c(N)c(C5CC5)c(C5CC6CCC(C5)N6C(=O)CO)nc34)cn2)[nH]c1C. The summed E-state index contributed by atoms with van der Waals surface area (Å²) in [5.41, 5.74) is 14.3. The molecule has 2 bridgehead atoms. The van der Waals surface area contributed by atoms with Gasteiger partial charge in [0, 0.05) is 46.6 Å². The maximum absolute atomic E-state index is 12.4. The number of H-pyrrole nitrogens is 1. The van der Waals surface area contributed by atoms with Crippen LogP contribution in [-0.4, -0.2) is 64.2 Å². The number of anilines is 1. The number of nitrogen functional groups attached to an aromatic ring is 1. The van der Waals surface area contributed by atoms with E-state index in [0.29, 0.717) is 11.7 Å². The van der Waals surface area contributed by atoms with Crippen LogP contribution in [0.2, 0.25) is 0 Å². The molecule has 0 radical (unpaired) electrons. The third-order valence-corrected chi connectivity index (χ3v) is 8.72. The zero-order chi connectivity index (χ0) is 26.1. The molecule has 0 aromatic carbocycles. The fraction of sp³-hybridized carbons (Fsp3) is 0.464. The number of rotatable bonds is 5. The van der Waals surface area contributed by atoms with E-state index < -0.39 is 6.61 Å². The molecule has 4 aromatic heterocycles. The minimum Gasteiger partial charge on any atom is -0.387 e. The summed E-state index contributed by atoms with van der Waals surface area (Å²) in [7, 11) is 0. The summed E-state index contributed by atoms with van der Waals surface area (Å²) < 4.78 is 1.78. The predicted molar refractivity (Wildman–Crippen MR) is 142 cm³/mol. The maximum atomic E-state index is 12.4. The van der Waals surface area contributed by atoms with Crippen LogP contribution in [0.1, 0.15) is 73.0 Å². The van der Waals surface area contributed by atoms with E-state index in [1.165, 1.54) is 0 Å². The van der Waals surface area contributed by atoms with Crippen molar-refractivity contribution >= 4 is 17.4 Å². The zero-order valence-electron chi connectivity index (χ0n) is 21.7. The number of carbonyl (C=O) groups excluding carboxylic acids is 1. The van der Waals surface area contributed by atoms with Gasteiger partial charge in [0.2, 0.25) is 5.91 Å². The quantitative estimate of drug-likeness (QED) is 0.372. The van der Waals surface area contributed by atoms with Gasteiger partial charge in [-0.25, -0.2) is 9.97 Å². The van der Waals surface area contributed by atoms with Crippen molar-refractivity contribution in [2.24, 2.45) is 0 Å². The van der Waals surface area contributed by atoms with E-state index in [-0.39, 0.29) is 23.9 Å². The number of aromatic nitrogens is 6. The number of aliphatic hydroxyl groups excluding tert-OH is 1. The van der Waals surface area contributed by atoms with Crippen LogP contribution in [0.15, 0.2) is 24.5 Å². The molecule has 1 amide bonds. The number of nitrogens with two attached hydrogens (primary N) is 1. The lowest BCUT2D eigenvalue weighted by Gasteiger charge is -2.39. The number of hydrogen-bond donors (Lipinski definition) is 3. The average Bonchev–Trinajstić information content (AvgIpc) is 3.49. The number of nitrogens with zero attached hydrogens (tertiary/aromatic N) is 6. The van der Waals surface area contributed by atoms with E-state index in [1.807, 2.05) is 43.3 Å². The van der Waals surface area contributed by atoms with Crippen molar-refractivity contribution in [2.45, 2.75) is 76.3 Å². The van der Waals surface area contributed by atoms with E-state index in [2.05, 4.69) is 20.1 Å². The number of amides is 1.